The van der Waals surface area contributed by atoms with E-state index < -0.39 is 62.2 Å². The molecule has 248 valence electrons. The van der Waals surface area contributed by atoms with Crippen LogP contribution in [0.1, 0.15) is 33.6 Å². The van der Waals surface area contributed by atoms with Gasteiger partial charge in [0.05, 0.1) is 43.7 Å². The Morgan fingerprint density at radius 1 is 0.979 bits per heavy atom. The molecular formula is C31H24Cl2N4O8S3. The number of hydrogen-bond acceptors (Lipinski definition) is 10. The predicted molar refractivity (Wildman–Crippen MR) is 181 cm³/mol. The standard InChI is InChI=1S/C31H24Cl2N4O8S3/c1-2-45-30(41)15-6-10-17(11-7-15)37-27(39)23-22(19-4-3-5-20(32)24(19)33)26-29(46-25(23)28(37)40)36(31(42)47-26)14-21(38)35-16-8-12-18(13-9-16)48(34,43)44/h3-13,22-23,25H,2,14H2,1H3,(H,35,38)(H2,34,43,44). The van der Waals surface area contributed by atoms with E-state index in [1.54, 1.807) is 25.1 Å². The number of hydrogen-bond donors (Lipinski definition) is 2. The molecule has 3 heterocycles. The Balaban J connectivity index is 1.37. The van der Waals surface area contributed by atoms with Crippen molar-refractivity contribution in [1.82, 2.24) is 4.57 Å². The quantitative estimate of drug-likeness (QED) is 0.195. The molecule has 3 aromatic carbocycles. The van der Waals surface area contributed by atoms with E-state index in [-0.39, 0.29) is 38.5 Å². The molecule has 1 saturated heterocycles. The molecule has 3 N–H and O–H groups in total. The van der Waals surface area contributed by atoms with Crippen molar-refractivity contribution >= 4 is 91.4 Å². The first-order valence-corrected chi connectivity index (χ1v) is 18.2. The number of thiazole rings is 1. The number of imide groups is 1. The molecule has 6 rings (SSSR count). The summed E-state index contributed by atoms with van der Waals surface area (Å²) in [5, 5.41) is 7.47. The largest absolute Gasteiger partial charge is 0.462 e. The van der Waals surface area contributed by atoms with E-state index in [0.29, 0.717) is 15.5 Å². The first-order valence-electron chi connectivity index (χ1n) is 14.2. The van der Waals surface area contributed by atoms with Gasteiger partial charge in [-0.05, 0) is 67.1 Å². The molecule has 17 heteroatoms. The second kappa shape index (κ2) is 13.1. The van der Waals surface area contributed by atoms with Gasteiger partial charge in [0.1, 0.15) is 11.8 Å². The molecule has 48 heavy (non-hydrogen) atoms. The summed E-state index contributed by atoms with van der Waals surface area (Å²) in [6, 6.07) is 16.0. The molecule has 3 unspecified atom stereocenters. The van der Waals surface area contributed by atoms with Gasteiger partial charge in [-0.25, -0.2) is 23.3 Å². The fourth-order valence-corrected chi connectivity index (χ4v) is 9.34. The third-order valence-corrected chi connectivity index (χ3v) is 12.1. The number of aromatic nitrogens is 1. The number of esters is 1. The van der Waals surface area contributed by atoms with Crippen molar-refractivity contribution < 1.29 is 32.3 Å². The summed E-state index contributed by atoms with van der Waals surface area (Å²) in [6.07, 6.45) is 0. The van der Waals surface area contributed by atoms with Gasteiger partial charge in [0.15, 0.2) is 0 Å². The molecule has 0 saturated carbocycles. The first-order chi connectivity index (χ1) is 22.8. The fourth-order valence-electron chi connectivity index (χ4n) is 5.64. The van der Waals surface area contributed by atoms with Crippen molar-refractivity contribution in [1.29, 1.82) is 0 Å². The minimum absolute atomic E-state index is 0.139. The number of primary sulfonamides is 1. The topological polar surface area (TPSA) is 175 Å². The van der Waals surface area contributed by atoms with Crippen LogP contribution in [0, 0.1) is 5.92 Å². The lowest BCUT2D eigenvalue weighted by Crippen LogP contribution is -2.33. The van der Waals surface area contributed by atoms with Crippen LogP contribution >= 0.6 is 46.3 Å². The van der Waals surface area contributed by atoms with Crippen LogP contribution in [-0.2, 0) is 35.7 Å². The second-order valence-electron chi connectivity index (χ2n) is 10.7. The van der Waals surface area contributed by atoms with Crippen LogP contribution in [0.15, 0.2) is 81.4 Å². The number of nitrogens with zero attached hydrogens (tertiary/aromatic N) is 2. The van der Waals surface area contributed by atoms with Gasteiger partial charge in [-0.2, -0.15) is 0 Å². The van der Waals surface area contributed by atoms with Crippen LogP contribution in [-0.4, -0.2) is 48.5 Å². The van der Waals surface area contributed by atoms with Gasteiger partial charge in [-0.3, -0.25) is 23.7 Å². The third kappa shape index (κ3) is 6.17. The Hall–Kier alpha value is -3.99. The molecule has 0 spiro atoms. The van der Waals surface area contributed by atoms with Gasteiger partial charge < -0.3 is 10.1 Å². The SMILES string of the molecule is CCOC(=O)c1ccc(N2C(=O)C3Sc4c(sc(=O)n4CC(=O)Nc4ccc(S(N)(=O)=O)cc4)C(c4cccc(Cl)c4Cl)C3C2=O)cc1. The molecule has 4 aromatic rings. The molecule has 1 fully saturated rings. The zero-order valence-corrected chi connectivity index (χ0v) is 28.7. The lowest BCUT2D eigenvalue weighted by molar-refractivity contribution is -0.122. The first kappa shape index (κ1) is 33.9. The summed E-state index contributed by atoms with van der Waals surface area (Å²) in [7, 11) is -3.93. The average molecular weight is 748 g/mol. The Morgan fingerprint density at radius 3 is 2.31 bits per heavy atom. The van der Waals surface area contributed by atoms with E-state index in [0.717, 1.165) is 28.0 Å². The molecule has 3 atom stereocenters. The number of rotatable bonds is 8. The molecule has 0 bridgehead atoms. The monoisotopic (exact) mass is 746 g/mol. The summed E-state index contributed by atoms with van der Waals surface area (Å²) < 4.78 is 29.4. The highest BCUT2D eigenvalue weighted by atomic mass is 35.5. The van der Waals surface area contributed by atoms with E-state index >= 15 is 0 Å². The van der Waals surface area contributed by atoms with Crippen LogP contribution in [0.5, 0.6) is 0 Å². The van der Waals surface area contributed by atoms with Crippen molar-refractivity contribution in [2.24, 2.45) is 11.1 Å². The van der Waals surface area contributed by atoms with Crippen LogP contribution < -0.4 is 20.2 Å². The lowest BCUT2D eigenvalue weighted by Gasteiger charge is -2.31. The van der Waals surface area contributed by atoms with Crippen molar-refractivity contribution in [2.45, 2.75) is 34.6 Å². The molecular weight excluding hydrogens is 723 g/mol. The van der Waals surface area contributed by atoms with Crippen molar-refractivity contribution in [3.63, 3.8) is 0 Å². The number of anilines is 2. The zero-order chi connectivity index (χ0) is 34.5. The number of ether oxygens (including phenoxy) is 1. The number of nitrogens with one attached hydrogen (secondary N) is 1. The minimum atomic E-state index is -3.93. The summed E-state index contributed by atoms with van der Waals surface area (Å²) >= 11 is 14.9. The maximum absolute atomic E-state index is 14.2. The maximum atomic E-state index is 14.2. The molecule has 12 nitrogen and oxygen atoms in total. The second-order valence-corrected chi connectivity index (χ2v) is 15.2. The van der Waals surface area contributed by atoms with Crippen molar-refractivity contribution in [3.05, 3.63) is 102 Å². The van der Waals surface area contributed by atoms with Gasteiger partial charge in [-0.15, -0.1) is 0 Å². The molecule has 0 aliphatic carbocycles. The summed E-state index contributed by atoms with van der Waals surface area (Å²) in [4.78, 5) is 67.7. The van der Waals surface area contributed by atoms with Gasteiger partial charge >= 0.3 is 10.8 Å². The van der Waals surface area contributed by atoms with Crippen LogP contribution in [0.4, 0.5) is 11.4 Å². The maximum Gasteiger partial charge on any atom is 0.338 e. The number of carbonyl (C=O) groups excluding carboxylic acids is 4. The highest BCUT2D eigenvalue weighted by Crippen LogP contribution is 2.55. The highest BCUT2D eigenvalue weighted by molar-refractivity contribution is 8.00. The number of amides is 3. The number of benzene rings is 3. The van der Waals surface area contributed by atoms with Gasteiger partial charge in [0, 0.05) is 16.5 Å². The predicted octanol–water partition coefficient (Wildman–Crippen LogP) is 4.48. The van der Waals surface area contributed by atoms with E-state index in [1.807, 2.05) is 0 Å². The fraction of sp³-hybridized carbons (Fsp3) is 0.194. The molecule has 1 aromatic heterocycles. The van der Waals surface area contributed by atoms with Gasteiger partial charge in [0.2, 0.25) is 27.7 Å². The molecule has 2 aliphatic rings. The third-order valence-electron chi connectivity index (χ3n) is 7.77. The number of halogens is 2. The summed E-state index contributed by atoms with van der Waals surface area (Å²) in [5.74, 6) is -4.05. The molecule has 0 radical (unpaired) electrons. The summed E-state index contributed by atoms with van der Waals surface area (Å²) in [5.41, 5.74) is 1.20. The summed E-state index contributed by atoms with van der Waals surface area (Å²) in [6.45, 7) is 1.42. The number of thioether (sulfide) groups is 1. The Kier molecular flexibility index (Phi) is 9.28. The average Bonchev–Trinajstić information content (AvgIpc) is 3.48. The van der Waals surface area contributed by atoms with E-state index in [2.05, 4.69) is 5.32 Å². The Labute approximate surface area is 291 Å². The minimum Gasteiger partial charge on any atom is -0.462 e. The van der Waals surface area contributed by atoms with Gasteiger partial charge in [-0.1, -0.05) is 58.4 Å². The van der Waals surface area contributed by atoms with E-state index in [4.69, 9.17) is 33.1 Å². The molecule has 2 aliphatic heterocycles. The normalized spacial score (nSPS) is 18.8. The van der Waals surface area contributed by atoms with E-state index in [9.17, 15) is 32.4 Å². The highest BCUT2D eigenvalue weighted by Gasteiger charge is 2.57. The molecule has 3 amide bonds. The van der Waals surface area contributed by atoms with Crippen molar-refractivity contribution in [3.8, 4) is 0 Å². The number of nitrogens with two attached hydrogens (primary N) is 1. The van der Waals surface area contributed by atoms with Crippen LogP contribution in [0.25, 0.3) is 0 Å². The zero-order valence-electron chi connectivity index (χ0n) is 24.7. The number of carbonyl (C=O) groups is 4. The Morgan fingerprint density at radius 2 is 1.67 bits per heavy atom. The smallest absolute Gasteiger partial charge is 0.338 e. The lowest BCUT2D eigenvalue weighted by atomic mass is 9.83. The van der Waals surface area contributed by atoms with Crippen LogP contribution in [0.2, 0.25) is 10.0 Å². The number of fused-ring (bicyclic) bond motifs is 2. The Bertz CT molecular complexity index is 2150. The van der Waals surface area contributed by atoms with Crippen molar-refractivity contribution in [2.75, 3.05) is 16.8 Å². The number of sulfonamides is 1. The van der Waals surface area contributed by atoms with Crippen LogP contribution in [0.3, 0.4) is 0 Å². The van der Waals surface area contributed by atoms with Gasteiger partial charge in [0.25, 0.3) is 0 Å². The van der Waals surface area contributed by atoms with E-state index in [1.165, 1.54) is 53.1 Å².